The van der Waals surface area contributed by atoms with E-state index in [2.05, 4.69) is 13.8 Å². The molecule has 0 bridgehead atoms. The number of unbranched alkanes of at least 4 members (excludes halogenated alkanes) is 3. The lowest BCUT2D eigenvalue weighted by atomic mass is 10.1. The summed E-state index contributed by atoms with van der Waals surface area (Å²) in [6, 6.07) is 13.5. The second kappa shape index (κ2) is 11.9. The highest BCUT2D eigenvalue weighted by Gasteiger charge is 2.52. The molecule has 2 aromatic carbocycles. The number of hydrogen-bond acceptors (Lipinski definition) is 6. The van der Waals surface area contributed by atoms with Gasteiger partial charge in [0.2, 0.25) is 0 Å². The standard InChI is InChI=1S/C27H35NO5S/c1-6-8-9-10-17-28-24-16-15-22(18-23(24)27(31-4,32-5)26(28)30)34-19(3)20-11-13-21(14-12-20)25(29)33-7-2/h11-16,18-19H,6-10,17H2,1-5H3. The molecule has 0 aliphatic carbocycles. The van der Waals surface area contributed by atoms with Crippen molar-refractivity contribution in [1.29, 1.82) is 0 Å². The van der Waals surface area contributed by atoms with Crippen molar-refractivity contribution < 1.29 is 23.8 Å². The molecule has 1 amide bonds. The first-order valence-corrected chi connectivity index (χ1v) is 12.8. The second-order valence-electron chi connectivity index (χ2n) is 8.32. The molecule has 3 rings (SSSR count). The molecule has 0 spiro atoms. The minimum absolute atomic E-state index is 0.135. The lowest BCUT2D eigenvalue weighted by Crippen LogP contribution is -2.43. The van der Waals surface area contributed by atoms with Gasteiger partial charge in [0.1, 0.15) is 0 Å². The molecule has 0 fully saturated rings. The average molecular weight is 486 g/mol. The maximum absolute atomic E-state index is 13.3. The molecule has 0 saturated carbocycles. The smallest absolute Gasteiger partial charge is 0.338 e. The number of rotatable bonds is 12. The number of amides is 1. The molecule has 1 aliphatic rings. The van der Waals surface area contributed by atoms with Crippen molar-refractivity contribution in [2.24, 2.45) is 0 Å². The third kappa shape index (κ3) is 5.32. The second-order valence-corrected chi connectivity index (χ2v) is 9.74. The van der Waals surface area contributed by atoms with E-state index in [4.69, 9.17) is 14.2 Å². The van der Waals surface area contributed by atoms with Crippen LogP contribution in [-0.4, -0.2) is 39.2 Å². The number of thioether (sulfide) groups is 1. The van der Waals surface area contributed by atoms with Crippen LogP contribution in [0.2, 0.25) is 0 Å². The number of fused-ring (bicyclic) bond motifs is 1. The fourth-order valence-corrected chi connectivity index (χ4v) is 5.30. The van der Waals surface area contributed by atoms with E-state index < -0.39 is 5.79 Å². The first kappa shape index (κ1) is 26.3. The quantitative estimate of drug-likeness (QED) is 0.157. The van der Waals surface area contributed by atoms with Gasteiger partial charge in [0, 0.05) is 36.5 Å². The molecule has 2 aromatic rings. The van der Waals surface area contributed by atoms with Crippen molar-refractivity contribution in [3.05, 3.63) is 59.2 Å². The zero-order chi connectivity index (χ0) is 24.7. The summed E-state index contributed by atoms with van der Waals surface area (Å²) >= 11 is 1.68. The Morgan fingerprint density at radius 1 is 1.03 bits per heavy atom. The van der Waals surface area contributed by atoms with Crippen LogP contribution in [-0.2, 0) is 24.8 Å². The number of benzene rings is 2. The SMILES string of the molecule is CCCCCCN1C(=O)C(OC)(OC)c2cc(SC(C)c3ccc(C(=O)OCC)cc3)ccc21. The molecule has 1 atom stereocenters. The highest BCUT2D eigenvalue weighted by Crippen LogP contribution is 2.46. The summed E-state index contributed by atoms with van der Waals surface area (Å²) in [7, 11) is 3.03. The van der Waals surface area contributed by atoms with Crippen molar-refractivity contribution >= 4 is 29.3 Å². The zero-order valence-corrected chi connectivity index (χ0v) is 21.6. The number of anilines is 1. The molecule has 0 radical (unpaired) electrons. The van der Waals surface area contributed by atoms with Crippen molar-refractivity contribution in [3.8, 4) is 0 Å². The number of carbonyl (C=O) groups excluding carboxylic acids is 2. The van der Waals surface area contributed by atoms with E-state index >= 15 is 0 Å². The molecule has 7 heteroatoms. The maximum Gasteiger partial charge on any atom is 0.338 e. The van der Waals surface area contributed by atoms with Gasteiger partial charge in [0.15, 0.2) is 0 Å². The van der Waals surface area contributed by atoms with Gasteiger partial charge in [-0.25, -0.2) is 4.79 Å². The van der Waals surface area contributed by atoms with Crippen molar-refractivity contribution in [3.63, 3.8) is 0 Å². The van der Waals surface area contributed by atoms with E-state index in [1.165, 1.54) is 14.2 Å². The monoisotopic (exact) mass is 485 g/mol. The summed E-state index contributed by atoms with van der Waals surface area (Å²) < 4.78 is 16.4. The lowest BCUT2D eigenvalue weighted by molar-refractivity contribution is -0.209. The van der Waals surface area contributed by atoms with Crippen LogP contribution in [0, 0.1) is 0 Å². The fraction of sp³-hybridized carbons (Fsp3) is 0.481. The molecule has 0 N–H and O–H groups in total. The molecule has 184 valence electrons. The Kier molecular flexibility index (Phi) is 9.17. The summed E-state index contributed by atoms with van der Waals surface area (Å²) in [5.41, 5.74) is 3.23. The van der Waals surface area contributed by atoms with Crippen molar-refractivity contribution in [2.45, 2.75) is 62.4 Å². The third-order valence-electron chi connectivity index (χ3n) is 6.15. The van der Waals surface area contributed by atoms with Crippen molar-refractivity contribution in [2.75, 3.05) is 32.3 Å². The normalized spacial score (nSPS) is 15.3. The molecular weight excluding hydrogens is 450 g/mol. The van der Waals surface area contributed by atoms with E-state index in [9.17, 15) is 9.59 Å². The Balaban J connectivity index is 1.81. The largest absolute Gasteiger partial charge is 0.462 e. The van der Waals surface area contributed by atoms with E-state index in [1.807, 2.05) is 30.3 Å². The molecule has 0 aromatic heterocycles. The summed E-state index contributed by atoms with van der Waals surface area (Å²) in [4.78, 5) is 28.1. The molecule has 6 nitrogen and oxygen atoms in total. The Bertz CT molecular complexity index is 987. The highest BCUT2D eigenvalue weighted by atomic mass is 32.2. The van der Waals surface area contributed by atoms with Crippen LogP contribution in [0.1, 0.15) is 73.2 Å². The van der Waals surface area contributed by atoms with Crippen LogP contribution in [0.4, 0.5) is 5.69 Å². The number of ether oxygens (including phenoxy) is 3. The van der Waals surface area contributed by atoms with Gasteiger partial charge in [0.05, 0.1) is 17.9 Å². The van der Waals surface area contributed by atoms with Gasteiger partial charge in [-0.15, -0.1) is 11.8 Å². The van der Waals surface area contributed by atoms with Gasteiger partial charge < -0.3 is 19.1 Å². The van der Waals surface area contributed by atoms with Gasteiger partial charge in [-0.3, -0.25) is 4.79 Å². The van der Waals surface area contributed by atoms with Gasteiger partial charge in [0.25, 0.3) is 11.7 Å². The number of carbonyl (C=O) groups is 2. The highest BCUT2D eigenvalue weighted by molar-refractivity contribution is 7.99. The van der Waals surface area contributed by atoms with E-state index in [0.29, 0.717) is 18.7 Å². The van der Waals surface area contributed by atoms with Crippen LogP contribution in [0.25, 0.3) is 0 Å². The average Bonchev–Trinajstić information content (AvgIpc) is 3.08. The summed E-state index contributed by atoms with van der Waals surface area (Å²) in [6.45, 7) is 7.08. The Morgan fingerprint density at radius 2 is 1.74 bits per heavy atom. The Morgan fingerprint density at radius 3 is 2.35 bits per heavy atom. The summed E-state index contributed by atoms with van der Waals surface area (Å²) in [5.74, 6) is -1.90. The zero-order valence-electron chi connectivity index (χ0n) is 20.8. The van der Waals surface area contributed by atoms with Gasteiger partial charge >= 0.3 is 5.97 Å². The Labute approximate surface area is 207 Å². The molecule has 0 saturated heterocycles. The molecule has 34 heavy (non-hydrogen) atoms. The lowest BCUT2D eigenvalue weighted by Gasteiger charge is -2.25. The Hall–Kier alpha value is -2.35. The van der Waals surface area contributed by atoms with Crippen molar-refractivity contribution in [1.82, 2.24) is 0 Å². The van der Waals surface area contributed by atoms with Crippen LogP contribution >= 0.6 is 11.8 Å². The van der Waals surface area contributed by atoms with Crippen LogP contribution < -0.4 is 4.90 Å². The molecule has 1 aliphatic heterocycles. The number of hydrogen-bond donors (Lipinski definition) is 0. The molecule has 1 heterocycles. The number of methoxy groups -OCH3 is 2. The van der Waals surface area contributed by atoms with E-state index in [1.54, 1.807) is 35.7 Å². The van der Waals surface area contributed by atoms with Crippen LogP contribution in [0.5, 0.6) is 0 Å². The molecule has 1 unspecified atom stereocenters. The van der Waals surface area contributed by atoms with E-state index in [-0.39, 0.29) is 17.1 Å². The van der Waals surface area contributed by atoms with Gasteiger partial charge in [-0.2, -0.15) is 0 Å². The van der Waals surface area contributed by atoms with E-state index in [0.717, 1.165) is 47.4 Å². The predicted molar refractivity (Wildman–Crippen MR) is 135 cm³/mol. The fourth-order valence-electron chi connectivity index (χ4n) is 4.26. The third-order valence-corrected chi connectivity index (χ3v) is 7.31. The van der Waals surface area contributed by atoms with Gasteiger partial charge in [-0.1, -0.05) is 38.3 Å². The number of nitrogens with zero attached hydrogens (tertiary/aromatic N) is 1. The maximum atomic E-state index is 13.3. The topological polar surface area (TPSA) is 65.1 Å². The summed E-state index contributed by atoms with van der Waals surface area (Å²) in [5, 5.41) is 0.135. The minimum Gasteiger partial charge on any atom is -0.462 e. The van der Waals surface area contributed by atoms with Gasteiger partial charge in [-0.05, 0) is 56.2 Å². The summed E-state index contributed by atoms with van der Waals surface area (Å²) in [6.07, 6.45) is 4.33. The molecular formula is C27H35NO5S. The first-order valence-electron chi connectivity index (χ1n) is 11.9. The number of esters is 1. The van der Waals surface area contributed by atoms with Crippen LogP contribution in [0.3, 0.4) is 0 Å². The van der Waals surface area contributed by atoms with Crippen LogP contribution in [0.15, 0.2) is 47.4 Å². The predicted octanol–water partition coefficient (Wildman–Crippen LogP) is 6.09. The minimum atomic E-state index is -1.42. The first-order chi connectivity index (χ1) is 16.4.